The SMILES string of the molecule is N#CC1C[C@H](F)CN1C(=O)CN1CCC(Nc2ccc(F)c3cnccc23)CC1. The third-order valence-corrected chi connectivity index (χ3v) is 5.79. The van der Waals surface area contributed by atoms with E-state index in [0.29, 0.717) is 5.39 Å². The van der Waals surface area contributed by atoms with Crippen LogP contribution in [0.1, 0.15) is 19.3 Å². The highest BCUT2D eigenvalue weighted by atomic mass is 19.1. The number of piperidine rings is 1. The van der Waals surface area contributed by atoms with Gasteiger partial charge in [-0.25, -0.2) is 8.78 Å². The van der Waals surface area contributed by atoms with Crippen molar-refractivity contribution < 1.29 is 13.6 Å². The molecule has 1 N–H and O–H groups in total. The summed E-state index contributed by atoms with van der Waals surface area (Å²) in [6, 6.07) is 6.58. The fraction of sp³-hybridized carbons (Fsp3) is 0.476. The van der Waals surface area contributed by atoms with Gasteiger partial charge in [-0.1, -0.05) is 0 Å². The van der Waals surface area contributed by atoms with Crippen molar-refractivity contribution in [2.45, 2.75) is 37.5 Å². The van der Waals surface area contributed by atoms with Crippen molar-refractivity contribution in [3.05, 3.63) is 36.4 Å². The quantitative estimate of drug-likeness (QED) is 0.856. The molecular weight excluding hydrogens is 376 g/mol. The monoisotopic (exact) mass is 399 g/mol. The smallest absolute Gasteiger partial charge is 0.237 e. The molecule has 1 amide bonds. The van der Waals surface area contributed by atoms with Crippen molar-refractivity contribution in [2.24, 2.45) is 0 Å². The summed E-state index contributed by atoms with van der Waals surface area (Å²) in [6.45, 7) is 1.69. The summed E-state index contributed by atoms with van der Waals surface area (Å²) in [5.41, 5.74) is 0.876. The molecule has 0 radical (unpaired) electrons. The van der Waals surface area contributed by atoms with Crippen LogP contribution < -0.4 is 5.32 Å². The predicted octanol–water partition coefficient (Wildman–Crippen LogP) is 2.71. The number of nitrogens with one attached hydrogen (secondary N) is 1. The van der Waals surface area contributed by atoms with Gasteiger partial charge >= 0.3 is 0 Å². The first-order chi connectivity index (χ1) is 14.0. The van der Waals surface area contributed by atoms with Gasteiger partial charge in [-0.2, -0.15) is 5.26 Å². The molecule has 2 atom stereocenters. The number of nitriles is 1. The van der Waals surface area contributed by atoms with E-state index >= 15 is 0 Å². The summed E-state index contributed by atoms with van der Waals surface area (Å²) in [6.07, 6.45) is 3.85. The van der Waals surface area contributed by atoms with E-state index in [1.165, 1.54) is 17.2 Å². The number of rotatable bonds is 4. The van der Waals surface area contributed by atoms with Crippen LogP contribution in [0.25, 0.3) is 10.8 Å². The van der Waals surface area contributed by atoms with Gasteiger partial charge in [0.15, 0.2) is 0 Å². The van der Waals surface area contributed by atoms with Crippen LogP contribution in [-0.4, -0.2) is 65.1 Å². The number of benzene rings is 1. The number of nitrogens with zero attached hydrogens (tertiary/aromatic N) is 4. The van der Waals surface area contributed by atoms with Crippen LogP contribution in [0.4, 0.5) is 14.5 Å². The van der Waals surface area contributed by atoms with Crippen molar-refractivity contribution >= 4 is 22.4 Å². The van der Waals surface area contributed by atoms with Crippen molar-refractivity contribution in [1.82, 2.24) is 14.8 Å². The lowest BCUT2D eigenvalue weighted by Gasteiger charge is -2.33. The van der Waals surface area contributed by atoms with Gasteiger partial charge in [-0.15, -0.1) is 0 Å². The van der Waals surface area contributed by atoms with Crippen LogP contribution in [0.5, 0.6) is 0 Å². The molecule has 3 heterocycles. The van der Waals surface area contributed by atoms with E-state index in [1.54, 1.807) is 18.3 Å². The molecule has 152 valence electrons. The maximum atomic E-state index is 14.0. The summed E-state index contributed by atoms with van der Waals surface area (Å²) in [5, 5.41) is 13.9. The summed E-state index contributed by atoms with van der Waals surface area (Å²) in [7, 11) is 0. The number of halogens is 2. The van der Waals surface area contributed by atoms with Crippen LogP contribution >= 0.6 is 0 Å². The minimum absolute atomic E-state index is 0.0155. The Balaban J connectivity index is 1.33. The molecule has 2 saturated heterocycles. The Hall–Kier alpha value is -2.79. The fourth-order valence-electron chi connectivity index (χ4n) is 4.20. The van der Waals surface area contributed by atoms with Crippen LogP contribution in [0.3, 0.4) is 0 Å². The minimum Gasteiger partial charge on any atom is -0.382 e. The van der Waals surface area contributed by atoms with E-state index in [-0.39, 0.29) is 37.3 Å². The first-order valence-electron chi connectivity index (χ1n) is 9.89. The molecule has 0 bridgehead atoms. The second-order valence-electron chi connectivity index (χ2n) is 7.73. The molecule has 1 aromatic carbocycles. The largest absolute Gasteiger partial charge is 0.382 e. The van der Waals surface area contributed by atoms with Gasteiger partial charge in [0.25, 0.3) is 0 Å². The molecule has 0 spiro atoms. The minimum atomic E-state index is -1.11. The molecule has 1 unspecified atom stereocenters. The van der Waals surface area contributed by atoms with E-state index in [4.69, 9.17) is 5.26 Å². The topological polar surface area (TPSA) is 72.3 Å². The first kappa shape index (κ1) is 19.5. The number of likely N-dealkylation sites (tertiary alicyclic amines) is 2. The molecule has 2 aliphatic rings. The third kappa shape index (κ3) is 4.15. The summed E-state index contributed by atoms with van der Waals surface area (Å²) >= 11 is 0. The number of alkyl halides is 1. The third-order valence-electron chi connectivity index (χ3n) is 5.79. The number of hydrogen-bond donors (Lipinski definition) is 1. The van der Waals surface area contributed by atoms with Gasteiger partial charge < -0.3 is 10.2 Å². The number of amides is 1. The lowest BCUT2D eigenvalue weighted by molar-refractivity contribution is -0.132. The molecular formula is C21H23F2N5O. The first-order valence-corrected chi connectivity index (χ1v) is 9.89. The zero-order valence-corrected chi connectivity index (χ0v) is 16.0. The van der Waals surface area contributed by atoms with Crippen molar-refractivity contribution in [3.8, 4) is 6.07 Å². The number of hydrogen-bond acceptors (Lipinski definition) is 5. The van der Waals surface area contributed by atoms with Gasteiger partial charge in [0.2, 0.25) is 5.91 Å². The number of carbonyl (C=O) groups is 1. The zero-order valence-electron chi connectivity index (χ0n) is 16.0. The zero-order chi connectivity index (χ0) is 20.4. The molecule has 8 heteroatoms. The van der Waals surface area contributed by atoms with Gasteiger partial charge in [0.05, 0.1) is 19.2 Å². The van der Waals surface area contributed by atoms with E-state index in [0.717, 1.165) is 37.0 Å². The Labute approximate surface area is 168 Å². The van der Waals surface area contributed by atoms with Gasteiger partial charge in [-0.3, -0.25) is 14.7 Å². The Bertz CT molecular complexity index is 938. The molecule has 2 aliphatic heterocycles. The van der Waals surface area contributed by atoms with Crippen LogP contribution in [0.2, 0.25) is 0 Å². The van der Waals surface area contributed by atoms with Crippen LogP contribution in [0, 0.1) is 17.1 Å². The summed E-state index contributed by atoms with van der Waals surface area (Å²) in [4.78, 5) is 19.9. The Morgan fingerprint density at radius 3 is 2.83 bits per heavy atom. The number of aromatic nitrogens is 1. The van der Waals surface area contributed by atoms with E-state index in [2.05, 4.69) is 10.3 Å². The summed E-state index contributed by atoms with van der Waals surface area (Å²) < 4.78 is 27.5. The lowest BCUT2D eigenvalue weighted by atomic mass is 10.0. The number of pyridine rings is 1. The van der Waals surface area contributed by atoms with E-state index < -0.39 is 12.2 Å². The Kier molecular flexibility index (Phi) is 5.58. The molecule has 2 fully saturated rings. The molecule has 1 aromatic heterocycles. The second-order valence-corrected chi connectivity index (χ2v) is 7.73. The van der Waals surface area contributed by atoms with Gasteiger partial charge in [0.1, 0.15) is 18.0 Å². The van der Waals surface area contributed by atoms with E-state index in [9.17, 15) is 13.6 Å². The van der Waals surface area contributed by atoms with Crippen LogP contribution in [0.15, 0.2) is 30.6 Å². The van der Waals surface area contributed by atoms with Crippen molar-refractivity contribution in [1.29, 1.82) is 5.26 Å². The fourth-order valence-corrected chi connectivity index (χ4v) is 4.20. The maximum absolute atomic E-state index is 14.0. The number of fused-ring (bicyclic) bond motifs is 1. The molecule has 4 rings (SSSR count). The highest BCUT2D eigenvalue weighted by Gasteiger charge is 2.36. The Morgan fingerprint density at radius 1 is 1.28 bits per heavy atom. The maximum Gasteiger partial charge on any atom is 0.237 e. The number of anilines is 1. The standard InChI is InChI=1S/C21H23F2N5O/c22-14-9-16(10-24)28(12-14)21(29)13-27-7-4-15(5-8-27)26-20-2-1-19(23)18-11-25-6-3-17(18)20/h1-3,6,11,14-16,26H,4-5,7-9,12-13H2/t14-,16?/m0/s1. The van der Waals surface area contributed by atoms with Gasteiger partial charge in [-0.05, 0) is 31.0 Å². The molecule has 0 saturated carbocycles. The second kappa shape index (κ2) is 8.29. The van der Waals surface area contributed by atoms with Crippen molar-refractivity contribution in [3.63, 3.8) is 0 Å². The van der Waals surface area contributed by atoms with Crippen LogP contribution in [-0.2, 0) is 4.79 Å². The Morgan fingerprint density at radius 2 is 2.07 bits per heavy atom. The van der Waals surface area contributed by atoms with E-state index in [1.807, 2.05) is 11.0 Å². The predicted molar refractivity (Wildman–Crippen MR) is 105 cm³/mol. The molecule has 2 aromatic rings. The average Bonchev–Trinajstić information content (AvgIpc) is 3.13. The normalized spacial score (nSPS) is 23.3. The molecule has 6 nitrogen and oxygen atoms in total. The average molecular weight is 399 g/mol. The van der Waals surface area contributed by atoms with Crippen molar-refractivity contribution in [2.75, 3.05) is 31.5 Å². The number of carbonyl (C=O) groups excluding carboxylic acids is 1. The highest BCUT2D eigenvalue weighted by Crippen LogP contribution is 2.27. The molecule has 0 aliphatic carbocycles. The van der Waals surface area contributed by atoms with Gasteiger partial charge in [0, 0.05) is 54.4 Å². The molecule has 29 heavy (non-hydrogen) atoms. The highest BCUT2D eigenvalue weighted by molar-refractivity contribution is 5.93. The summed E-state index contributed by atoms with van der Waals surface area (Å²) in [5.74, 6) is -0.472. The lowest BCUT2D eigenvalue weighted by Crippen LogP contribution is -2.46.